The zero-order valence-corrected chi connectivity index (χ0v) is 9.61. The van der Waals surface area contributed by atoms with Gasteiger partial charge in [-0.25, -0.2) is 0 Å². The van der Waals surface area contributed by atoms with Gasteiger partial charge in [-0.2, -0.15) is 0 Å². The van der Waals surface area contributed by atoms with Gasteiger partial charge < -0.3 is 5.11 Å². The van der Waals surface area contributed by atoms with Crippen molar-refractivity contribution in [2.75, 3.05) is 0 Å². The van der Waals surface area contributed by atoms with Crippen molar-refractivity contribution in [3.63, 3.8) is 0 Å². The molecule has 0 saturated heterocycles. The van der Waals surface area contributed by atoms with E-state index >= 15 is 0 Å². The molecule has 2 unspecified atom stereocenters. The molecule has 2 rings (SSSR count). The Morgan fingerprint density at radius 1 is 1.27 bits per heavy atom. The molecule has 0 saturated carbocycles. The lowest BCUT2D eigenvalue weighted by molar-refractivity contribution is 0.0598. The van der Waals surface area contributed by atoms with Crippen molar-refractivity contribution >= 4 is 0 Å². The van der Waals surface area contributed by atoms with Crippen molar-refractivity contribution in [2.45, 2.75) is 39.2 Å². The summed E-state index contributed by atoms with van der Waals surface area (Å²) in [6.07, 6.45) is 3.04. The van der Waals surface area contributed by atoms with E-state index in [4.69, 9.17) is 0 Å². The Kier molecular flexibility index (Phi) is 3.11. The van der Waals surface area contributed by atoms with Gasteiger partial charge in [0.05, 0.1) is 6.10 Å². The SMILES string of the molecule is CCC(C)C(O)C1Cc2ccccc2C1. The van der Waals surface area contributed by atoms with Gasteiger partial charge in [0.15, 0.2) is 0 Å². The number of fused-ring (bicyclic) bond motifs is 1. The molecule has 0 spiro atoms. The largest absolute Gasteiger partial charge is 0.393 e. The third-order valence-electron chi connectivity index (χ3n) is 3.79. The summed E-state index contributed by atoms with van der Waals surface area (Å²) in [6.45, 7) is 4.30. The van der Waals surface area contributed by atoms with Gasteiger partial charge in [-0.1, -0.05) is 44.5 Å². The van der Waals surface area contributed by atoms with Crippen LogP contribution < -0.4 is 0 Å². The fraction of sp³-hybridized carbons (Fsp3) is 0.571. The molecule has 1 aliphatic carbocycles. The first-order chi connectivity index (χ1) is 7.22. The van der Waals surface area contributed by atoms with Crippen molar-refractivity contribution in [3.05, 3.63) is 35.4 Å². The van der Waals surface area contributed by atoms with Crippen LogP contribution >= 0.6 is 0 Å². The maximum absolute atomic E-state index is 10.2. The van der Waals surface area contributed by atoms with Crippen LogP contribution in [0.25, 0.3) is 0 Å². The second-order valence-corrected chi connectivity index (χ2v) is 4.81. The molecule has 0 heterocycles. The van der Waals surface area contributed by atoms with Gasteiger partial charge in [0.25, 0.3) is 0 Å². The first-order valence-electron chi connectivity index (χ1n) is 5.97. The molecule has 0 aromatic heterocycles. The summed E-state index contributed by atoms with van der Waals surface area (Å²) in [4.78, 5) is 0. The maximum Gasteiger partial charge on any atom is 0.0600 e. The van der Waals surface area contributed by atoms with Crippen LogP contribution in [0.15, 0.2) is 24.3 Å². The molecule has 2 atom stereocenters. The third kappa shape index (κ3) is 2.07. The van der Waals surface area contributed by atoms with Crippen molar-refractivity contribution < 1.29 is 5.11 Å². The summed E-state index contributed by atoms with van der Waals surface area (Å²) in [5, 5.41) is 10.2. The van der Waals surface area contributed by atoms with Crippen LogP contribution in [0, 0.1) is 11.8 Å². The number of aliphatic hydroxyl groups is 1. The van der Waals surface area contributed by atoms with Gasteiger partial charge in [-0.05, 0) is 35.8 Å². The molecule has 1 aromatic carbocycles. The average molecular weight is 204 g/mol. The van der Waals surface area contributed by atoms with E-state index < -0.39 is 0 Å². The lowest BCUT2D eigenvalue weighted by atomic mass is 9.88. The first-order valence-corrected chi connectivity index (χ1v) is 5.97. The highest BCUT2D eigenvalue weighted by molar-refractivity contribution is 5.32. The fourth-order valence-corrected chi connectivity index (χ4v) is 2.54. The van der Waals surface area contributed by atoms with Gasteiger partial charge in [-0.3, -0.25) is 0 Å². The summed E-state index contributed by atoms with van der Waals surface area (Å²) in [5.41, 5.74) is 2.87. The number of aliphatic hydroxyl groups excluding tert-OH is 1. The molecular formula is C14H20O. The molecule has 1 aliphatic rings. The van der Waals surface area contributed by atoms with E-state index in [1.54, 1.807) is 0 Å². The third-order valence-corrected chi connectivity index (χ3v) is 3.79. The van der Waals surface area contributed by atoms with Crippen molar-refractivity contribution in [2.24, 2.45) is 11.8 Å². The Morgan fingerprint density at radius 3 is 2.27 bits per heavy atom. The van der Waals surface area contributed by atoms with Crippen LogP contribution in [0.4, 0.5) is 0 Å². The molecule has 1 heteroatoms. The van der Waals surface area contributed by atoms with Crippen molar-refractivity contribution in [1.29, 1.82) is 0 Å². The molecule has 0 fully saturated rings. The summed E-state index contributed by atoms with van der Waals surface area (Å²) < 4.78 is 0. The highest BCUT2D eigenvalue weighted by atomic mass is 16.3. The Labute approximate surface area is 92.1 Å². The van der Waals surface area contributed by atoms with Gasteiger partial charge in [-0.15, -0.1) is 0 Å². The number of hydrogen-bond donors (Lipinski definition) is 1. The molecule has 82 valence electrons. The van der Waals surface area contributed by atoms with E-state index in [1.165, 1.54) is 11.1 Å². The summed E-state index contributed by atoms with van der Waals surface area (Å²) >= 11 is 0. The minimum absolute atomic E-state index is 0.137. The summed E-state index contributed by atoms with van der Waals surface area (Å²) in [7, 11) is 0. The number of hydrogen-bond acceptors (Lipinski definition) is 1. The van der Waals surface area contributed by atoms with E-state index in [1.807, 2.05) is 0 Å². The molecule has 1 aromatic rings. The van der Waals surface area contributed by atoms with Gasteiger partial charge in [0.2, 0.25) is 0 Å². The Morgan fingerprint density at radius 2 is 1.80 bits per heavy atom. The van der Waals surface area contributed by atoms with E-state index in [0.717, 1.165) is 19.3 Å². The average Bonchev–Trinajstić information content (AvgIpc) is 2.70. The van der Waals surface area contributed by atoms with Crippen LogP contribution in [-0.4, -0.2) is 11.2 Å². The summed E-state index contributed by atoms with van der Waals surface area (Å²) in [5.74, 6) is 0.863. The van der Waals surface area contributed by atoms with Crippen LogP contribution in [0.5, 0.6) is 0 Å². The Bertz CT molecular complexity index is 307. The molecule has 0 aliphatic heterocycles. The number of rotatable bonds is 3. The molecular weight excluding hydrogens is 184 g/mol. The van der Waals surface area contributed by atoms with E-state index in [9.17, 15) is 5.11 Å². The molecule has 1 N–H and O–H groups in total. The number of benzene rings is 1. The first kappa shape index (κ1) is 10.7. The molecule has 1 nitrogen and oxygen atoms in total. The normalized spacial score (nSPS) is 19.9. The lowest BCUT2D eigenvalue weighted by Gasteiger charge is -2.23. The zero-order valence-electron chi connectivity index (χ0n) is 9.61. The molecule has 15 heavy (non-hydrogen) atoms. The van der Waals surface area contributed by atoms with Crippen LogP contribution in [0.3, 0.4) is 0 Å². The highest BCUT2D eigenvalue weighted by Gasteiger charge is 2.29. The van der Waals surface area contributed by atoms with Gasteiger partial charge in [0, 0.05) is 0 Å². The second kappa shape index (κ2) is 4.36. The molecule has 0 bridgehead atoms. The minimum atomic E-state index is -0.137. The predicted molar refractivity (Wildman–Crippen MR) is 62.8 cm³/mol. The standard InChI is InChI=1S/C14H20O/c1-3-10(2)14(15)13-8-11-6-4-5-7-12(11)9-13/h4-7,10,13-15H,3,8-9H2,1-2H3. The van der Waals surface area contributed by atoms with Crippen molar-refractivity contribution in [3.8, 4) is 0 Å². The highest BCUT2D eigenvalue weighted by Crippen LogP contribution is 2.31. The monoisotopic (exact) mass is 204 g/mol. The van der Waals surface area contributed by atoms with Gasteiger partial charge >= 0.3 is 0 Å². The van der Waals surface area contributed by atoms with Crippen molar-refractivity contribution in [1.82, 2.24) is 0 Å². The zero-order chi connectivity index (χ0) is 10.8. The lowest BCUT2D eigenvalue weighted by Crippen LogP contribution is -2.27. The van der Waals surface area contributed by atoms with Gasteiger partial charge in [0.1, 0.15) is 0 Å². The smallest absolute Gasteiger partial charge is 0.0600 e. The molecule has 0 amide bonds. The van der Waals surface area contributed by atoms with Crippen LogP contribution in [-0.2, 0) is 12.8 Å². The van der Waals surface area contributed by atoms with E-state index in [2.05, 4.69) is 38.1 Å². The minimum Gasteiger partial charge on any atom is -0.393 e. The fourth-order valence-electron chi connectivity index (χ4n) is 2.54. The van der Waals surface area contributed by atoms with E-state index in [-0.39, 0.29) is 6.10 Å². The van der Waals surface area contributed by atoms with E-state index in [0.29, 0.717) is 11.8 Å². The van der Waals surface area contributed by atoms with Crippen LogP contribution in [0.1, 0.15) is 31.4 Å². The topological polar surface area (TPSA) is 20.2 Å². The quantitative estimate of drug-likeness (QED) is 0.802. The molecule has 0 radical (unpaired) electrons. The predicted octanol–water partition coefficient (Wildman–Crippen LogP) is 2.81. The summed E-state index contributed by atoms with van der Waals surface area (Å²) in [6, 6.07) is 8.57. The Balaban J connectivity index is 2.07. The van der Waals surface area contributed by atoms with Crippen LogP contribution in [0.2, 0.25) is 0 Å². The maximum atomic E-state index is 10.2. The second-order valence-electron chi connectivity index (χ2n) is 4.81. The Hall–Kier alpha value is -0.820.